The highest BCUT2D eigenvalue weighted by atomic mass is 16.5. The van der Waals surface area contributed by atoms with Crippen molar-refractivity contribution in [2.75, 3.05) is 24.3 Å². The third kappa shape index (κ3) is 4.48. The molecule has 0 atom stereocenters. The van der Waals surface area contributed by atoms with E-state index in [0.717, 1.165) is 36.6 Å². The lowest BCUT2D eigenvalue weighted by Crippen LogP contribution is -2.13. The number of nitrogens with zero attached hydrogens (tertiary/aromatic N) is 1. The van der Waals surface area contributed by atoms with Crippen molar-refractivity contribution < 1.29 is 9.53 Å². The summed E-state index contributed by atoms with van der Waals surface area (Å²) in [5.74, 6) is 1.31. The van der Waals surface area contributed by atoms with E-state index in [1.165, 1.54) is 0 Å². The average molecular weight is 299 g/mol. The predicted octanol–water partition coefficient (Wildman–Crippen LogP) is 3.55. The molecule has 0 spiro atoms. The van der Waals surface area contributed by atoms with E-state index in [9.17, 15) is 4.79 Å². The number of carbonyl (C=O) groups is 1. The van der Waals surface area contributed by atoms with Crippen LogP contribution in [0.3, 0.4) is 0 Å². The van der Waals surface area contributed by atoms with Crippen LogP contribution in [-0.2, 0) is 0 Å². The molecular weight excluding hydrogens is 278 g/mol. The first-order valence-electron chi connectivity index (χ1n) is 7.38. The van der Waals surface area contributed by atoms with Gasteiger partial charge in [0.15, 0.2) is 0 Å². The Balaban J connectivity index is 2.00. The number of unbranched alkanes of at least 4 members (excludes halogenated alkanes) is 1. The fourth-order valence-corrected chi connectivity index (χ4v) is 1.94. The van der Waals surface area contributed by atoms with Crippen LogP contribution in [0.15, 0.2) is 42.6 Å². The molecule has 0 saturated carbocycles. The number of pyridine rings is 1. The van der Waals surface area contributed by atoms with E-state index in [4.69, 9.17) is 4.74 Å². The highest BCUT2D eigenvalue weighted by Crippen LogP contribution is 2.16. The van der Waals surface area contributed by atoms with Gasteiger partial charge in [-0.2, -0.15) is 0 Å². The molecule has 2 N–H and O–H groups in total. The van der Waals surface area contributed by atoms with Crippen LogP contribution in [0.25, 0.3) is 0 Å². The average Bonchev–Trinajstić information content (AvgIpc) is 2.56. The second-order valence-electron chi connectivity index (χ2n) is 4.89. The molecular formula is C17H21N3O2. The number of aromatic nitrogens is 1. The van der Waals surface area contributed by atoms with Crippen LogP contribution >= 0.6 is 0 Å². The van der Waals surface area contributed by atoms with Crippen molar-refractivity contribution in [2.45, 2.75) is 19.8 Å². The minimum absolute atomic E-state index is 0.161. The normalized spacial score (nSPS) is 10.1. The molecule has 1 aromatic carbocycles. The topological polar surface area (TPSA) is 63.2 Å². The van der Waals surface area contributed by atoms with Gasteiger partial charge in [-0.15, -0.1) is 0 Å². The molecule has 0 radical (unpaired) electrons. The van der Waals surface area contributed by atoms with Crippen molar-refractivity contribution in [3.05, 3.63) is 48.2 Å². The van der Waals surface area contributed by atoms with Gasteiger partial charge in [0.25, 0.3) is 5.91 Å². The second kappa shape index (κ2) is 8.02. The number of hydrogen-bond acceptors (Lipinski definition) is 4. The molecule has 22 heavy (non-hydrogen) atoms. The van der Waals surface area contributed by atoms with Crippen molar-refractivity contribution in [2.24, 2.45) is 0 Å². The first-order valence-corrected chi connectivity index (χ1v) is 7.38. The molecule has 116 valence electrons. The van der Waals surface area contributed by atoms with Crippen molar-refractivity contribution in [1.29, 1.82) is 0 Å². The van der Waals surface area contributed by atoms with Gasteiger partial charge in [0, 0.05) is 24.0 Å². The number of benzene rings is 1. The Bertz CT molecular complexity index is 612. The summed E-state index contributed by atoms with van der Waals surface area (Å²) in [6.07, 6.45) is 3.83. The van der Waals surface area contributed by atoms with Gasteiger partial charge >= 0.3 is 0 Å². The Morgan fingerprint density at radius 1 is 1.23 bits per heavy atom. The first kappa shape index (κ1) is 15.8. The monoisotopic (exact) mass is 299 g/mol. The quantitative estimate of drug-likeness (QED) is 0.767. The summed E-state index contributed by atoms with van der Waals surface area (Å²) in [5.41, 5.74) is 1.30. The Hall–Kier alpha value is -2.56. The first-order chi connectivity index (χ1) is 10.7. The molecule has 1 aromatic heterocycles. The standard InChI is InChI=1S/C17H21N3O2/c1-3-4-10-18-16-12-13(9-11-19-16)17(21)20-14-5-7-15(22-2)8-6-14/h5-9,11-12H,3-4,10H2,1-2H3,(H,18,19)(H,20,21). The summed E-state index contributed by atoms with van der Waals surface area (Å²) in [6, 6.07) is 10.7. The van der Waals surface area contributed by atoms with Crippen LogP contribution in [0, 0.1) is 0 Å². The van der Waals surface area contributed by atoms with Crippen molar-refractivity contribution in [1.82, 2.24) is 4.98 Å². The summed E-state index contributed by atoms with van der Waals surface area (Å²) in [5, 5.41) is 6.07. The van der Waals surface area contributed by atoms with E-state index in [1.807, 2.05) is 0 Å². The summed E-state index contributed by atoms with van der Waals surface area (Å²) in [6.45, 7) is 2.99. The van der Waals surface area contributed by atoms with E-state index in [2.05, 4.69) is 22.5 Å². The van der Waals surface area contributed by atoms with Gasteiger partial charge < -0.3 is 15.4 Å². The van der Waals surface area contributed by atoms with Crippen molar-refractivity contribution in [3.63, 3.8) is 0 Å². The molecule has 0 saturated heterocycles. The van der Waals surface area contributed by atoms with E-state index in [1.54, 1.807) is 49.7 Å². The zero-order valence-electron chi connectivity index (χ0n) is 12.9. The molecule has 0 aliphatic carbocycles. The van der Waals surface area contributed by atoms with Crippen molar-refractivity contribution >= 4 is 17.4 Å². The number of methoxy groups -OCH3 is 1. The van der Waals surface area contributed by atoms with Gasteiger partial charge in [-0.1, -0.05) is 13.3 Å². The molecule has 1 amide bonds. The fourth-order valence-electron chi connectivity index (χ4n) is 1.94. The van der Waals surface area contributed by atoms with E-state index in [0.29, 0.717) is 5.56 Å². The molecule has 2 rings (SSSR count). The lowest BCUT2D eigenvalue weighted by Gasteiger charge is -2.08. The molecule has 0 aliphatic heterocycles. The number of hydrogen-bond donors (Lipinski definition) is 2. The lowest BCUT2D eigenvalue weighted by molar-refractivity contribution is 0.102. The molecule has 2 aromatic rings. The Morgan fingerprint density at radius 2 is 2.00 bits per heavy atom. The maximum atomic E-state index is 12.3. The number of anilines is 2. The number of ether oxygens (including phenoxy) is 1. The zero-order chi connectivity index (χ0) is 15.8. The molecule has 0 fully saturated rings. The number of carbonyl (C=O) groups excluding carboxylic acids is 1. The largest absolute Gasteiger partial charge is 0.497 e. The SMILES string of the molecule is CCCCNc1cc(C(=O)Nc2ccc(OC)cc2)ccn1. The maximum Gasteiger partial charge on any atom is 0.255 e. The summed E-state index contributed by atoms with van der Waals surface area (Å²) in [4.78, 5) is 16.5. The molecule has 0 aliphatic rings. The summed E-state index contributed by atoms with van der Waals surface area (Å²) >= 11 is 0. The minimum atomic E-state index is -0.161. The third-order valence-electron chi connectivity index (χ3n) is 3.21. The molecule has 0 unspecified atom stereocenters. The summed E-state index contributed by atoms with van der Waals surface area (Å²) in [7, 11) is 1.61. The predicted molar refractivity (Wildman–Crippen MR) is 88.6 cm³/mol. The van der Waals surface area contributed by atoms with Crippen LogP contribution < -0.4 is 15.4 Å². The Morgan fingerprint density at radius 3 is 2.68 bits per heavy atom. The number of nitrogens with one attached hydrogen (secondary N) is 2. The Kier molecular flexibility index (Phi) is 5.77. The molecule has 0 bridgehead atoms. The van der Waals surface area contributed by atoms with E-state index >= 15 is 0 Å². The van der Waals surface area contributed by atoms with Gasteiger partial charge in [-0.05, 0) is 42.8 Å². The number of rotatable bonds is 7. The van der Waals surface area contributed by atoms with E-state index in [-0.39, 0.29) is 5.91 Å². The maximum absolute atomic E-state index is 12.3. The summed E-state index contributed by atoms with van der Waals surface area (Å²) < 4.78 is 5.09. The van der Waals surface area contributed by atoms with Crippen LogP contribution in [0.1, 0.15) is 30.1 Å². The second-order valence-corrected chi connectivity index (χ2v) is 4.89. The molecule has 5 nitrogen and oxygen atoms in total. The molecule has 1 heterocycles. The highest BCUT2D eigenvalue weighted by molar-refractivity contribution is 6.04. The van der Waals surface area contributed by atoms with Crippen LogP contribution in [-0.4, -0.2) is 24.5 Å². The van der Waals surface area contributed by atoms with Gasteiger partial charge in [-0.3, -0.25) is 4.79 Å². The van der Waals surface area contributed by atoms with Gasteiger partial charge in [0.05, 0.1) is 7.11 Å². The smallest absolute Gasteiger partial charge is 0.255 e. The third-order valence-corrected chi connectivity index (χ3v) is 3.21. The zero-order valence-corrected chi connectivity index (χ0v) is 12.9. The van der Waals surface area contributed by atoms with Crippen LogP contribution in [0.2, 0.25) is 0 Å². The fraction of sp³-hybridized carbons (Fsp3) is 0.294. The van der Waals surface area contributed by atoms with Crippen LogP contribution in [0.4, 0.5) is 11.5 Å². The van der Waals surface area contributed by atoms with Crippen molar-refractivity contribution in [3.8, 4) is 5.75 Å². The number of amides is 1. The van der Waals surface area contributed by atoms with Gasteiger partial charge in [0.2, 0.25) is 0 Å². The van der Waals surface area contributed by atoms with Gasteiger partial charge in [0.1, 0.15) is 11.6 Å². The van der Waals surface area contributed by atoms with E-state index < -0.39 is 0 Å². The van der Waals surface area contributed by atoms with Gasteiger partial charge in [-0.25, -0.2) is 4.98 Å². The highest BCUT2D eigenvalue weighted by Gasteiger charge is 2.07. The molecule has 5 heteroatoms. The lowest BCUT2D eigenvalue weighted by atomic mass is 10.2. The Labute approximate surface area is 130 Å². The minimum Gasteiger partial charge on any atom is -0.497 e. The van der Waals surface area contributed by atoms with Crippen LogP contribution in [0.5, 0.6) is 5.75 Å².